The van der Waals surface area contributed by atoms with Gasteiger partial charge in [0.05, 0.1) is 22.1 Å². The summed E-state index contributed by atoms with van der Waals surface area (Å²) in [4.78, 5) is 21.0. The fourth-order valence-corrected chi connectivity index (χ4v) is 4.91. The number of nitrogens with one attached hydrogen (secondary N) is 2. The molecule has 0 spiro atoms. The van der Waals surface area contributed by atoms with Gasteiger partial charge in [0.25, 0.3) is 10.0 Å². The molecule has 0 atom stereocenters. The Hall–Kier alpha value is -2.87. The van der Waals surface area contributed by atoms with E-state index in [4.69, 9.17) is 4.74 Å². The highest BCUT2D eigenvalue weighted by atomic mass is 32.2. The van der Waals surface area contributed by atoms with Crippen molar-refractivity contribution in [3.05, 3.63) is 54.0 Å². The molecule has 0 aliphatic heterocycles. The van der Waals surface area contributed by atoms with E-state index in [-0.39, 0.29) is 11.0 Å². The molecule has 1 fully saturated rings. The monoisotopic (exact) mass is 427 g/mol. The van der Waals surface area contributed by atoms with Gasteiger partial charge in [-0.3, -0.25) is 9.78 Å². The first kappa shape index (κ1) is 20.4. The third-order valence-corrected chi connectivity index (χ3v) is 6.74. The van der Waals surface area contributed by atoms with Gasteiger partial charge in [-0.25, -0.2) is 13.1 Å². The first-order valence-corrected chi connectivity index (χ1v) is 11.6. The zero-order chi connectivity index (χ0) is 21.5. The molecule has 1 aliphatic rings. The van der Waals surface area contributed by atoms with E-state index < -0.39 is 21.3 Å². The summed E-state index contributed by atoms with van der Waals surface area (Å²) in [7, 11) is -4.05. The lowest BCUT2D eigenvalue weighted by atomic mass is 9.99. The number of rotatable bonds is 7. The number of hydrogen-bond donors (Lipinski definition) is 2. The zero-order valence-corrected chi connectivity index (χ0v) is 18.0. The second-order valence-corrected chi connectivity index (χ2v) is 9.53. The van der Waals surface area contributed by atoms with E-state index in [9.17, 15) is 13.2 Å². The molecular weight excluding hydrogens is 402 g/mol. The lowest BCUT2D eigenvalue weighted by Crippen LogP contribution is -2.39. The predicted octanol–water partition coefficient (Wildman–Crippen LogP) is 3.45. The molecule has 2 heterocycles. The largest absolute Gasteiger partial charge is 0.489 e. The maximum Gasteiger partial charge on any atom is 0.264 e. The molecule has 7 nitrogen and oxygen atoms in total. The zero-order valence-electron chi connectivity index (χ0n) is 17.2. The SMILES string of the molecule is CCc1ccc(OC(C)C)c(C2(C(=O)NS(=O)(=O)c3cccc4[nH]ccc34)CC2)n1. The average Bonchev–Trinajstić information content (AvgIpc) is 3.37. The molecule has 0 radical (unpaired) electrons. The van der Waals surface area contributed by atoms with Gasteiger partial charge in [0.2, 0.25) is 5.91 Å². The van der Waals surface area contributed by atoms with Gasteiger partial charge >= 0.3 is 0 Å². The molecule has 2 aromatic heterocycles. The number of carbonyl (C=O) groups is 1. The van der Waals surface area contributed by atoms with Gasteiger partial charge in [-0.2, -0.15) is 0 Å². The summed E-state index contributed by atoms with van der Waals surface area (Å²) in [6.07, 6.45) is 3.34. The second kappa shape index (κ2) is 7.43. The van der Waals surface area contributed by atoms with E-state index in [2.05, 4.69) is 14.7 Å². The van der Waals surface area contributed by atoms with Crippen LogP contribution in [0, 0.1) is 0 Å². The Morgan fingerprint density at radius 2 is 2.00 bits per heavy atom. The van der Waals surface area contributed by atoms with E-state index in [0.29, 0.717) is 41.6 Å². The molecule has 1 saturated carbocycles. The lowest BCUT2D eigenvalue weighted by Gasteiger charge is -2.21. The summed E-state index contributed by atoms with van der Waals surface area (Å²) in [6, 6.07) is 10.3. The Kier molecular flexibility index (Phi) is 5.05. The maximum atomic E-state index is 13.2. The summed E-state index contributed by atoms with van der Waals surface area (Å²) < 4.78 is 34.3. The minimum Gasteiger partial charge on any atom is -0.489 e. The van der Waals surface area contributed by atoms with Crippen LogP contribution >= 0.6 is 0 Å². The number of pyridine rings is 1. The molecule has 0 bridgehead atoms. The first-order chi connectivity index (χ1) is 14.3. The Morgan fingerprint density at radius 3 is 2.67 bits per heavy atom. The van der Waals surface area contributed by atoms with Gasteiger partial charge in [-0.05, 0) is 63.4 Å². The van der Waals surface area contributed by atoms with Crippen LogP contribution in [0.1, 0.15) is 45.0 Å². The van der Waals surface area contributed by atoms with Gasteiger partial charge in [0.15, 0.2) is 0 Å². The summed E-state index contributed by atoms with van der Waals surface area (Å²) >= 11 is 0. The highest BCUT2D eigenvalue weighted by Gasteiger charge is 2.55. The molecule has 1 amide bonds. The van der Waals surface area contributed by atoms with E-state index in [1.54, 1.807) is 24.4 Å². The number of amides is 1. The molecule has 0 unspecified atom stereocenters. The third kappa shape index (κ3) is 3.56. The van der Waals surface area contributed by atoms with E-state index in [0.717, 1.165) is 5.69 Å². The number of aryl methyl sites for hydroxylation is 1. The van der Waals surface area contributed by atoms with Crippen molar-refractivity contribution in [2.75, 3.05) is 0 Å². The Bertz CT molecular complexity index is 1210. The number of aromatic nitrogens is 2. The van der Waals surface area contributed by atoms with Crippen molar-refractivity contribution in [3.8, 4) is 5.75 Å². The van der Waals surface area contributed by atoms with Crippen LogP contribution in [-0.2, 0) is 26.7 Å². The molecule has 30 heavy (non-hydrogen) atoms. The molecule has 8 heteroatoms. The van der Waals surface area contributed by atoms with Crippen molar-refractivity contribution >= 4 is 26.8 Å². The van der Waals surface area contributed by atoms with Gasteiger partial charge in [-0.15, -0.1) is 0 Å². The number of aromatic amines is 1. The highest BCUT2D eigenvalue weighted by molar-refractivity contribution is 7.90. The van der Waals surface area contributed by atoms with Crippen molar-refractivity contribution in [1.29, 1.82) is 0 Å². The van der Waals surface area contributed by atoms with Crippen molar-refractivity contribution < 1.29 is 17.9 Å². The van der Waals surface area contributed by atoms with E-state index in [1.165, 1.54) is 6.07 Å². The summed E-state index contributed by atoms with van der Waals surface area (Å²) in [6.45, 7) is 5.79. The number of sulfonamides is 1. The van der Waals surface area contributed by atoms with Crippen LogP contribution in [0.4, 0.5) is 0 Å². The normalized spacial score (nSPS) is 15.3. The van der Waals surface area contributed by atoms with Crippen LogP contribution < -0.4 is 9.46 Å². The lowest BCUT2D eigenvalue weighted by molar-refractivity contribution is -0.121. The van der Waals surface area contributed by atoms with Crippen LogP contribution in [0.2, 0.25) is 0 Å². The Labute approximate surface area is 175 Å². The molecular formula is C22H25N3O4S. The van der Waals surface area contributed by atoms with Crippen LogP contribution in [-0.4, -0.2) is 30.4 Å². The molecule has 4 rings (SSSR count). The predicted molar refractivity (Wildman–Crippen MR) is 114 cm³/mol. The number of ether oxygens (including phenoxy) is 1. The summed E-state index contributed by atoms with van der Waals surface area (Å²) in [5.74, 6) is -0.0376. The van der Waals surface area contributed by atoms with Gasteiger partial charge < -0.3 is 9.72 Å². The maximum absolute atomic E-state index is 13.2. The number of fused-ring (bicyclic) bond motifs is 1. The van der Waals surface area contributed by atoms with Crippen LogP contribution in [0.25, 0.3) is 10.9 Å². The quantitative estimate of drug-likeness (QED) is 0.601. The van der Waals surface area contributed by atoms with Crippen LogP contribution in [0.5, 0.6) is 5.75 Å². The highest BCUT2D eigenvalue weighted by Crippen LogP contribution is 2.51. The first-order valence-electron chi connectivity index (χ1n) is 10.1. The van der Waals surface area contributed by atoms with Crippen LogP contribution in [0.3, 0.4) is 0 Å². The molecule has 1 aromatic carbocycles. The summed E-state index contributed by atoms with van der Waals surface area (Å²) in [5, 5.41) is 0.539. The molecule has 1 aliphatic carbocycles. The van der Waals surface area contributed by atoms with Gasteiger partial charge in [-0.1, -0.05) is 13.0 Å². The van der Waals surface area contributed by atoms with Crippen LogP contribution in [0.15, 0.2) is 47.5 Å². The van der Waals surface area contributed by atoms with Crippen molar-refractivity contribution in [3.63, 3.8) is 0 Å². The Balaban J connectivity index is 1.69. The van der Waals surface area contributed by atoms with Crippen molar-refractivity contribution in [1.82, 2.24) is 14.7 Å². The van der Waals surface area contributed by atoms with E-state index >= 15 is 0 Å². The molecule has 158 valence electrons. The fraction of sp³-hybridized carbons (Fsp3) is 0.364. The molecule has 2 N–H and O–H groups in total. The second-order valence-electron chi connectivity index (χ2n) is 7.88. The summed E-state index contributed by atoms with van der Waals surface area (Å²) in [5.41, 5.74) is 1.05. The van der Waals surface area contributed by atoms with Gasteiger partial charge in [0.1, 0.15) is 5.75 Å². The van der Waals surface area contributed by atoms with Crippen molar-refractivity contribution in [2.45, 2.75) is 56.4 Å². The number of H-pyrrole nitrogens is 1. The topological polar surface area (TPSA) is 101 Å². The number of hydrogen-bond acceptors (Lipinski definition) is 5. The number of nitrogens with zero attached hydrogens (tertiary/aromatic N) is 1. The van der Waals surface area contributed by atoms with E-state index in [1.807, 2.05) is 32.9 Å². The molecule has 0 saturated heterocycles. The Morgan fingerprint density at radius 1 is 1.23 bits per heavy atom. The average molecular weight is 428 g/mol. The minimum atomic E-state index is -4.05. The van der Waals surface area contributed by atoms with Gasteiger partial charge in [0, 0.05) is 22.8 Å². The third-order valence-electron chi connectivity index (χ3n) is 5.35. The standard InChI is InChI=1S/C22H25N3O4S/c1-4-15-8-9-18(29-14(2)3)20(24-15)22(11-12-22)21(26)25-30(27,28)19-7-5-6-17-16(19)10-13-23-17/h5-10,13-14,23H,4,11-12H2,1-3H3,(H,25,26). The minimum absolute atomic E-state index is 0.0688. The fourth-order valence-electron chi connectivity index (χ4n) is 3.64. The smallest absolute Gasteiger partial charge is 0.264 e. The van der Waals surface area contributed by atoms with Crippen molar-refractivity contribution in [2.24, 2.45) is 0 Å². The number of benzene rings is 1. The molecule has 3 aromatic rings. The number of carbonyl (C=O) groups excluding carboxylic acids is 1.